The molecule has 128 valence electrons. The number of rotatable bonds is 7. The minimum Gasteiger partial charge on any atom is -0.488 e. The Kier molecular flexibility index (Phi) is 6.58. The third-order valence-electron chi connectivity index (χ3n) is 3.84. The van der Waals surface area contributed by atoms with Gasteiger partial charge in [0, 0.05) is 5.02 Å². The van der Waals surface area contributed by atoms with Crippen molar-refractivity contribution in [2.45, 2.75) is 13.0 Å². The summed E-state index contributed by atoms with van der Waals surface area (Å²) in [6.45, 7) is 2.90. The van der Waals surface area contributed by atoms with Crippen LogP contribution in [0.15, 0.2) is 48.5 Å². The number of para-hydroxylation sites is 1. The van der Waals surface area contributed by atoms with E-state index in [2.05, 4.69) is 5.32 Å². The van der Waals surface area contributed by atoms with E-state index in [-0.39, 0.29) is 17.6 Å². The van der Waals surface area contributed by atoms with E-state index in [1.165, 1.54) is 6.07 Å². The van der Waals surface area contributed by atoms with E-state index >= 15 is 0 Å². The fourth-order valence-electron chi connectivity index (χ4n) is 2.10. The first-order valence-electron chi connectivity index (χ1n) is 7.73. The number of carbonyl (C=O) groups excluding carboxylic acids is 1. The van der Waals surface area contributed by atoms with Crippen molar-refractivity contribution < 1.29 is 18.8 Å². The first-order valence-corrected chi connectivity index (χ1v) is 8.11. The van der Waals surface area contributed by atoms with E-state index in [0.29, 0.717) is 18.2 Å². The van der Waals surface area contributed by atoms with Gasteiger partial charge in [0.05, 0.1) is 12.7 Å². The smallest absolute Gasteiger partial charge is 0.282 e. The highest BCUT2D eigenvalue weighted by molar-refractivity contribution is 6.30. The Bertz CT molecular complexity index is 679. The lowest BCUT2D eigenvalue weighted by molar-refractivity contribution is -0.894. The zero-order chi connectivity index (χ0) is 17.5. The van der Waals surface area contributed by atoms with Gasteiger partial charge in [-0.15, -0.1) is 0 Å². The van der Waals surface area contributed by atoms with Gasteiger partial charge < -0.3 is 15.0 Å². The molecule has 6 heteroatoms. The third-order valence-corrected chi connectivity index (χ3v) is 4.09. The predicted molar refractivity (Wildman–Crippen MR) is 93.2 cm³/mol. The van der Waals surface area contributed by atoms with Gasteiger partial charge in [0.25, 0.3) is 5.91 Å². The lowest BCUT2D eigenvalue weighted by Crippen LogP contribution is -3.14. The van der Waals surface area contributed by atoms with Gasteiger partial charge in [-0.1, -0.05) is 23.7 Å². The lowest BCUT2D eigenvalue weighted by atomic mass is 10.2. The van der Waals surface area contributed by atoms with Crippen molar-refractivity contribution in [2.75, 3.05) is 25.5 Å². The summed E-state index contributed by atoms with van der Waals surface area (Å²) in [5.74, 6) is 0.0570. The zero-order valence-electron chi connectivity index (χ0n) is 13.7. The molecular weight excluding hydrogens is 331 g/mol. The van der Waals surface area contributed by atoms with Crippen molar-refractivity contribution in [3.05, 3.63) is 59.4 Å². The van der Waals surface area contributed by atoms with E-state index in [1.54, 1.807) is 49.4 Å². The fraction of sp³-hybridized carbons (Fsp3) is 0.278. The molecular formula is C18H21ClFN2O2+. The molecule has 0 bridgehead atoms. The highest BCUT2D eigenvalue weighted by Crippen LogP contribution is 2.15. The summed E-state index contributed by atoms with van der Waals surface area (Å²) >= 11 is 5.82. The van der Waals surface area contributed by atoms with E-state index in [0.717, 1.165) is 10.6 Å². The van der Waals surface area contributed by atoms with Crippen LogP contribution >= 0.6 is 11.6 Å². The largest absolute Gasteiger partial charge is 0.488 e. The van der Waals surface area contributed by atoms with Crippen LogP contribution in [0, 0.1) is 5.82 Å². The van der Waals surface area contributed by atoms with Crippen LogP contribution in [0.3, 0.4) is 0 Å². The second kappa shape index (κ2) is 8.66. The van der Waals surface area contributed by atoms with Crippen LogP contribution < -0.4 is 15.0 Å². The number of quaternary nitrogens is 1. The topological polar surface area (TPSA) is 42.8 Å². The fourth-order valence-corrected chi connectivity index (χ4v) is 2.23. The van der Waals surface area contributed by atoms with Gasteiger partial charge in [-0.05, 0) is 43.3 Å². The number of anilines is 1. The summed E-state index contributed by atoms with van der Waals surface area (Å²) in [7, 11) is 1.90. The monoisotopic (exact) mass is 351 g/mol. The first kappa shape index (κ1) is 18.2. The summed E-state index contributed by atoms with van der Waals surface area (Å²) in [4.78, 5) is 13.2. The van der Waals surface area contributed by atoms with Crippen LogP contribution in [0.5, 0.6) is 5.75 Å². The average Bonchev–Trinajstić information content (AvgIpc) is 2.58. The maximum atomic E-state index is 13.6. The van der Waals surface area contributed by atoms with Gasteiger partial charge >= 0.3 is 0 Å². The Morgan fingerprint density at radius 2 is 1.92 bits per heavy atom. The average molecular weight is 352 g/mol. The minimum absolute atomic E-state index is 0.194. The van der Waals surface area contributed by atoms with Crippen LogP contribution in [0.4, 0.5) is 10.1 Å². The molecule has 2 atom stereocenters. The number of hydrogen-bond donors (Lipinski definition) is 2. The van der Waals surface area contributed by atoms with Gasteiger partial charge in [-0.25, -0.2) is 4.39 Å². The molecule has 1 unspecified atom stereocenters. The Morgan fingerprint density at radius 3 is 2.58 bits per heavy atom. The molecule has 2 aromatic carbocycles. The van der Waals surface area contributed by atoms with Gasteiger partial charge in [-0.2, -0.15) is 0 Å². The van der Waals surface area contributed by atoms with Crippen molar-refractivity contribution in [2.24, 2.45) is 0 Å². The van der Waals surface area contributed by atoms with E-state index in [9.17, 15) is 9.18 Å². The molecule has 0 saturated heterocycles. The van der Waals surface area contributed by atoms with Crippen molar-refractivity contribution in [3.63, 3.8) is 0 Å². The van der Waals surface area contributed by atoms with E-state index in [4.69, 9.17) is 16.3 Å². The maximum absolute atomic E-state index is 13.6. The number of halogens is 2. The van der Waals surface area contributed by atoms with Crippen LogP contribution in [0.2, 0.25) is 5.02 Å². The molecule has 0 spiro atoms. The molecule has 0 fully saturated rings. The van der Waals surface area contributed by atoms with Crippen LogP contribution in [0.1, 0.15) is 6.92 Å². The SMILES string of the molecule is C[C@@H](C(=O)Nc1ccccc1F)[NH+](C)CCOc1ccc(Cl)cc1. The van der Waals surface area contributed by atoms with Crippen molar-refractivity contribution in [1.29, 1.82) is 0 Å². The Balaban J connectivity index is 1.80. The quantitative estimate of drug-likeness (QED) is 0.804. The second-order valence-corrected chi connectivity index (χ2v) is 6.03. The van der Waals surface area contributed by atoms with Crippen molar-refractivity contribution in [1.82, 2.24) is 0 Å². The number of nitrogens with one attached hydrogen (secondary N) is 2. The zero-order valence-corrected chi connectivity index (χ0v) is 14.4. The molecule has 2 N–H and O–H groups in total. The molecule has 4 nitrogen and oxygen atoms in total. The predicted octanol–water partition coefficient (Wildman–Crippen LogP) is 2.40. The lowest BCUT2D eigenvalue weighted by Gasteiger charge is -2.21. The normalized spacial score (nSPS) is 13.2. The Hall–Kier alpha value is -2.11. The second-order valence-electron chi connectivity index (χ2n) is 5.59. The first-order chi connectivity index (χ1) is 11.5. The molecule has 2 aromatic rings. The molecule has 0 aromatic heterocycles. The molecule has 0 aliphatic carbocycles. The summed E-state index contributed by atoms with van der Waals surface area (Å²) < 4.78 is 19.2. The van der Waals surface area contributed by atoms with E-state index < -0.39 is 5.82 Å². The number of amides is 1. The molecule has 0 aliphatic heterocycles. The molecule has 24 heavy (non-hydrogen) atoms. The molecule has 1 amide bonds. The summed E-state index contributed by atoms with van der Waals surface area (Å²) in [6, 6.07) is 12.9. The van der Waals surface area contributed by atoms with E-state index in [1.807, 2.05) is 7.05 Å². The number of benzene rings is 2. The summed E-state index contributed by atoms with van der Waals surface area (Å²) in [5, 5.41) is 3.27. The Morgan fingerprint density at radius 1 is 1.25 bits per heavy atom. The van der Waals surface area contributed by atoms with Crippen LogP contribution in [-0.2, 0) is 4.79 Å². The molecule has 0 radical (unpaired) electrons. The third kappa shape index (κ3) is 5.22. The van der Waals surface area contributed by atoms with Gasteiger partial charge in [0.15, 0.2) is 6.04 Å². The van der Waals surface area contributed by atoms with Gasteiger partial charge in [-0.3, -0.25) is 4.79 Å². The number of carbonyl (C=O) groups is 1. The number of likely N-dealkylation sites (N-methyl/N-ethyl adjacent to an activating group) is 1. The molecule has 0 heterocycles. The van der Waals surface area contributed by atoms with Crippen LogP contribution in [-0.4, -0.2) is 32.1 Å². The number of ether oxygens (including phenoxy) is 1. The summed E-state index contributed by atoms with van der Waals surface area (Å²) in [6.07, 6.45) is 0. The summed E-state index contributed by atoms with van der Waals surface area (Å²) in [5.41, 5.74) is 0.194. The van der Waals surface area contributed by atoms with Gasteiger partial charge in [0.2, 0.25) is 0 Å². The standard InChI is InChI=1S/C18H20ClFN2O2/c1-13(18(23)21-17-6-4-3-5-16(17)20)22(2)11-12-24-15-9-7-14(19)8-10-15/h3-10,13H,11-12H2,1-2H3,(H,21,23)/p+1/t13-/m0/s1. The molecule has 0 aliphatic rings. The highest BCUT2D eigenvalue weighted by Gasteiger charge is 2.22. The Labute approximate surface area is 146 Å². The van der Waals surface area contributed by atoms with Crippen molar-refractivity contribution in [3.8, 4) is 5.75 Å². The van der Waals surface area contributed by atoms with Gasteiger partial charge in [0.1, 0.15) is 24.7 Å². The van der Waals surface area contributed by atoms with Crippen LogP contribution in [0.25, 0.3) is 0 Å². The maximum Gasteiger partial charge on any atom is 0.282 e. The number of hydrogen-bond acceptors (Lipinski definition) is 2. The minimum atomic E-state index is -0.443. The molecule has 2 rings (SSSR count). The molecule has 0 saturated carbocycles. The highest BCUT2D eigenvalue weighted by atomic mass is 35.5. The van der Waals surface area contributed by atoms with Crippen molar-refractivity contribution >= 4 is 23.2 Å².